The molecule has 1 aliphatic heterocycles. The number of carbonyl (C=O) groups is 1. The third-order valence-electron chi connectivity index (χ3n) is 4.35. The van der Waals surface area contributed by atoms with Gasteiger partial charge >= 0.3 is 6.03 Å². The quantitative estimate of drug-likeness (QED) is 0.820. The van der Waals surface area contributed by atoms with Gasteiger partial charge in [-0.1, -0.05) is 33.1 Å². The van der Waals surface area contributed by atoms with E-state index in [1.807, 2.05) is 4.90 Å². The zero-order valence-electron chi connectivity index (χ0n) is 10.9. The van der Waals surface area contributed by atoms with Gasteiger partial charge < -0.3 is 10.6 Å². The maximum atomic E-state index is 12.0. The average molecular weight is 237 g/mol. The van der Waals surface area contributed by atoms with Crippen LogP contribution in [0.4, 0.5) is 4.79 Å². The highest BCUT2D eigenvalue weighted by Gasteiger charge is 2.53. The Morgan fingerprint density at radius 1 is 1.47 bits per heavy atom. The first kappa shape index (κ1) is 12.4. The number of carbonyl (C=O) groups excluding carboxylic acids is 1. The van der Waals surface area contributed by atoms with E-state index in [9.17, 15) is 4.79 Å². The Labute approximate surface area is 103 Å². The molecule has 1 heterocycles. The molecule has 0 radical (unpaired) electrons. The summed E-state index contributed by atoms with van der Waals surface area (Å²) in [6.45, 7) is 5.07. The van der Waals surface area contributed by atoms with E-state index in [1.54, 1.807) is 0 Å². The summed E-state index contributed by atoms with van der Waals surface area (Å²) in [6.07, 6.45) is 6.60. The monoisotopic (exact) mass is 237 g/mol. The summed E-state index contributed by atoms with van der Waals surface area (Å²) in [7, 11) is 0. The molecule has 0 aromatic carbocycles. The van der Waals surface area contributed by atoms with E-state index in [-0.39, 0.29) is 11.6 Å². The van der Waals surface area contributed by atoms with Crippen LogP contribution in [-0.4, -0.2) is 28.9 Å². The van der Waals surface area contributed by atoms with E-state index < -0.39 is 0 Å². The lowest BCUT2D eigenvalue weighted by molar-refractivity contribution is 0.0915. The highest BCUT2D eigenvalue weighted by atomic mass is 16.2. The minimum Gasteiger partial charge on any atom is -0.385 e. The van der Waals surface area contributed by atoms with Crippen LogP contribution in [0, 0.1) is 5.92 Å². The molecule has 2 aliphatic rings. The summed E-state index contributed by atoms with van der Waals surface area (Å²) in [4.78, 5) is 18.0. The minimum absolute atomic E-state index is 0.121. The summed E-state index contributed by atoms with van der Waals surface area (Å²) < 4.78 is 0. The molecule has 2 atom stereocenters. The molecule has 0 aromatic heterocycles. The molecule has 2 unspecified atom stereocenters. The van der Waals surface area contributed by atoms with E-state index in [2.05, 4.69) is 18.8 Å². The first-order valence-electron chi connectivity index (χ1n) is 6.83. The Morgan fingerprint density at radius 2 is 2.24 bits per heavy atom. The molecular formula is C13H23N3O. The topological polar surface area (TPSA) is 58.7 Å². The molecule has 1 saturated carbocycles. The summed E-state index contributed by atoms with van der Waals surface area (Å²) in [5.74, 6) is 1.06. The van der Waals surface area contributed by atoms with Crippen molar-refractivity contribution in [2.45, 2.75) is 57.9 Å². The van der Waals surface area contributed by atoms with Crippen molar-refractivity contribution in [1.29, 1.82) is 0 Å². The van der Waals surface area contributed by atoms with Gasteiger partial charge in [-0.25, -0.2) is 4.79 Å². The Bertz CT molecular complexity index is 340. The van der Waals surface area contributed by atoms with Gasteiger partial charge in [-0.3, -0.25) is 0 Å². The Morgan fingerprint density at radius 3 is 2.88 bits per heavy atom. The van der Waals surface area contributed by atoms with Crippen LogP contribution < -0.4 is 5.73 Å². The molecule has 2 amide bonds. The molecule has 0 aromatic rings. The lowest BCUT2D eigenvalue weighted by Crippen LogP contribution is -2.60. The molecule has 1 spiro atoms. The number of hydrogen-bond acceptors (Lipinski definition) is 2. The van der Waals surface area contributed by atoms with Crippen LogP contribution in [0.2, 0.25) is 0 Å². The smallest absolute Gasteiger partial charge is 0.346 e. The second-order valence-corrected chi connectivity index (χ2v) is 5.21. The number of aliphatic imine (C=N–C) groups is 1. The lowest BCUT2D eigenvalue weighted by atomic mass is 9.70. The van der Waals surface area contributed by atoms with Crippen LogP contribution >= 0.6 is 0 Å². The number of amides is 2. The molecule has 0 saturated heterocycles. The van der Waals surface area contributed by atoms with Crippen molar-refractivity contribution in [3.63, 3.8) is 0 Å². The van der Waals surface area contributed by atoms with Gasteiger partial charge in [0.25, 0.3) is 0 Å². The van der Waals surface area contributed by atoms with Crippen molar-refractivity contribution in [1.82, 2.24) is 4.90 Å². The molecular weight excluding hydrogens is 214 g/mol. The number of amidine groups is 1. The summed E-state index contributed by atoms with van der Waals surface area (Å²) in [5.41, 5.74) is 5.86. The fraction of sp³-hybridized carbons (Fsp3) is 0.846. The van der Waals surface area contributed by atoms with Crippen LogP contribution in [0.3, 0.4) is 0 Å². The summed E-state index contributed by atoms with van der Waals surface area (Å²) in [5, 5.41) is 0. The highest BCUT2D eigenvalue weighted by molar-refractivity contribution is 6.06. The first-order chi connectivity index (χ1) is 8.16. The number of urea groups is 1. The van der Waals surface area contributed by atoms with Crippen molar-refractivity contribution >= 4 is 11.9 Å². The normalized spacial score (nSPS) is 33.3. The van der Waals surface area contributed by atoms with Crippen molar-refractivity contribution in [3.05, 3.63) is 0 Å². The zero-order valence-corrected chi connectivity index (χ0v) is 10.9. The van der Waals surface area contributed by atoms with Crippen LogP contribution in [0.1, 0.15) is 52.4 Å². The van der Waals surface area contributed by atoms with Crippen molar-refractivity contribution < 1.29 is 4.79 Å². The van der Waals surface area contributed by atoms with Crippen LogP contribution in [0.5, 0.6) is 0 Å². The highest BCUT2D eigenvalue weighted by Crippen LogP contribution is 2.43. The van der Waals surface area contributed by atoms with Gasteiger partial charge in [-0.2, -0.15) is 4.99 Å². The van der Waals surface area contributed by atoms with Crippen molar-refractivity contribution in [2.75, 3.05) is 6.54 Å². The third-order valence-corrected chi connectivity index (χ3v) is 4.35. The molecule has 2 N–H and O–H groups in total. The van der Waals surface area contributed by atoms with E-state index in [1.165, 1.54) is 12.8 Å². The molecule has 1 aliphatic carbocycles. The number of nitrogens with two attached hydrogens (primary N) is 1. The van der Waals surface area contributed by atoms with Crippen molar-refractivity contribution in [3.8, 4) is 0 Å². The van der Waals surface area contributed by atoms with Gasteiger partial charge in [0.1, 0.15) is 11.4 Å². The summed E-state index contributed by atoms with van der Waals surface area (Å²) >= 11 is 0. The second-order valence-electron chi connectivity index (χ2n) is 5.21. The van der Waals surface area contributed by atoms with E-state index in [4.69, 9.17) is 5.73 Å². The van der Waals surface area contributed by atoms with Crippen molar-refractivity contribution in [2.24, 2.45) is 16.6 Å². The maximum absolute atomic E-state index is 12.0. The fourth-order valence-electron chi connectivity index (χ4n) is 3.55. The van der Waals surface area contributed by atoms with Crippen LogP contribution in [-0.2, 0) is 0 Å². The zero-order chi connectivity index (χ0) is 12.5. The summed E-state index contributed by atoms with van der Waals surface area (Å²) in [6, 6.07) is -0.121. The van der Waals surface area contributed by atoms with Gasteiger partial charge in [-0.15, -0.1) is 0 Å². The van der Waals surface area contributed by atoms with Gasteiger partial charge in [0.05, 0.1) is 0 Å². The Kier molecular flexibility index (Phi) is 3.40. The van der Waals surface area contributed by atoms with Gasteiger partial charge in [-0.05, 0) is 25.2 Å². The molecule has 4 nitrogen and oxygen atoms in total. The SMILES string of the molecule is CCCN1C(=O)N=C(N)C12CCCCC2CC. The predicted molar refractivity (Wildman–Crippen MR) is 69.0 cm³/mol. The van der Waals surface area contributed by atoms with Crippen LogP contribution in [0.25, 0.3) is 0 Å². The van der Waals surface area contributed by atoms with E-state index >= 15 is 0 Å². The molecule has 4 heteroatoms. The third kappa shape index (κ3) is 1.74. The minimum atomic E-state index is -0.250. The predicted octanol–water partition coefficient (Wildman–Crippen LogP) is 2.53. The number of hydrogen-bond donors (Lipinski definition) is 1. The van der Waals surface area contributed by atoms with E-state index in [0.717, 1.165) is 32.2 Å². The van der Waals surface area contributed by atoms with Gasteiger partial charge in [0.15, 0.2) is 0 Å². The lowest BCUT2D eigenvalue weighted by Gasteiger charge is -2.46. The first-order valence-corrected chi connectivity index (χ1v) is 6.83. The standard InChI is InChI=1S/C13H23N3O/c1-3-9-16-12(17)15-11(14)13(16)8-6-5-7-10(13)4-2/h10H,3-9H2,1-2H3,(H2,14,15,17). The average Bonchev–Trinajstić information content (AvgIpc) is 2.55. The van der Waals surface area contributed by atoms with Gasteiger partial charge in [0, 0.05) is 6.54 Å². The molecule has 2 rings (SSSR count). The van der Waals surface area contributed by atoms with Gasteiger partial charge in [0.2, 0.25) is 0 Å². The van der Waals surface area contributed by atoms with Crippen LogP contribution in [0.15, 0.2) is 4.99 Å². The Hall–Kier alpha value is -1.06. The van der Waals surface area contributed by atoms with E-state index in [0.29, 0.717) is 11.8 Å². The molecule has 17 heavy (non-hydrogen) atoms. The fourth-order valence-corrected chi connectivity index (χ4v) is 3.55. The second kappa shape index (κ2) is 4.67. The largest absolute Gasteiger partial charge is 0.385 e. The Balaban J connectivity index is 2.36. The molecule has 0 bridgehead atoms. The number of nitrogens with zero attached hydrogens (tertiary/aromatic N) is 2. The maximum Gasteiger partial charge on any atom is 0.346 e. The molecule has 96 valence electrons. The number of rotatable bonds is 3. The molecule has 1 fully saturated rings.